The molecule has 1 aromatic rings. The predicted molar refractivity (Wildman–Crippen MR) is 69.1 cm³/mol. The molecule has 0 fully saturated rings. The summed E-state index contributed by atoms with van der Waals surface area (Å²) < 4.78 is 0. The lowest BCUT2D eigenvalue weighted by atomic mass is 10.1. The third-order valence-electron chi connectivity index (χ3n) is 2.85. The molecular weight excluding hydrogens is 256 g/mol. The Hall–Kier alpha value is -1.75. The average Bonchev–Trinajstić information content (AvgIpc) is 2.64. The zero-order valence-electron chi connectivity index (χ0n) is 9.79. The molecule has 6 heteroatoms. The molecule has 0 saturated carbocycles. The SMILES string of the molecule is CCC(Nc1cc2c(cc1Cl)NC(=O)C2)C(=O)O. The smallest absolute Gasteiger partial charge is 0.326 e. The molecule has 5 nitrogen and oxygen atoms in total. The van der Waals surface area contributed by atoms with Crippen LogP contribution in [0.2, 0.25) is 5.02 Å². The first-order chi connectivity index (χ1) is 8.51. The van der Waals surface area contributed by atoms with Crippen molar-refractivity contribution < 1.29 is 14.7 Å². The Morgan fingerprint density at radius 2 is 2.33 bits per heavy atom. The second-order valence-corrected chi connectivity index (χ2v) is 4.56. The van der Waals surface area contributed by atoms with Crippen LogP contribution in [0.3, 0.4) is 0 Å². The number of fused-ring (bicyclic) bond motifs is 1. The van der Waals surface area contributed by atoms with Crippen LogP contribution in [0.4, 0.5) is 11.4 Å². The Morgan fingerprint density at radius 3 is 2.94 bits per heavy atom. The van der Waals surface area contributed by atoms with Crippen molar-refractivity contribution in [2.45, 2.75) is 25.8 Å². The molecule has 2 rings (SSSR count). The van der Waals surface area contributed by atoms with Crippen LogP contribution >= 0.6 is 11.6 Å². The first-order valence-electron chi connectivity index (χ1n) is 5.63. The van der Waals surface area contributed by atoms with Gasteiger partial charge >= 0.3 is 5.97 Å². The number of amides is 1. The van der Waals surface area contributed by atoms with E-state index in [9.17, 15) is 9.59 Å². The van der Waals surface area contributed by atoms with Crippen LogP contribution in [0.1, 0.15) is 18.9 Å². The number of rotatable bonds is 4. The number of carboxylic acids is 1. The second-order valence-electron chi connectivity index (χ2n) is 4.16. The van der Waals surface area contributed by atoms with Gasteiger partial charge in [-0.05, 0) is 24.1 Å². The number of aliphatic carboxylic acids is 1. The number of carbonyl (C=O) groups excluding carboxylic acids is 1. The third kappa shape index (κ3) is 2.41. The third-order valence-corrected chi connectivity index (χ3v) is 3.17. The van der Waals surface area contributed by atoms with Crippen molar-refractivity contribution in [3.05, 3.63) is 22.7 Å². The Morgan fingerprint density at radius 1 is 1.61 bits per heavy atom. The lowest BCUT2D eigenvalue weighted by Crippen LogP contribution is -2.28. The predicted octanol–water partition coefficient (Wildman–Crippen LogP) is 2.11. The molecule has 0 aliphatic carbocycles. The van der Waals surface area contributed by atoms with Gasteiger partial charge in [0.25, 0.3) is 0 Å². The van der Waals surface area contributed by atoms with Crippen LogP contribution < -0.4 is 10.6 Å². The van der Waals surface area contributed by atoms with Gasteiger partial charge in [0.05, 0.1) is 17.1 Å². The standard InChI is InChI=1S/C12H13ClN2O3/c1-2-8(12(17)18)14-10-3-6-4-11(16)15-9(6)5-7(10)13/h3,5,8,14H,2,4H2,1H3,(H,15,16)(H,17,18). The highest BCUT2D eigenvalue weighted by Gasteiger charge is 2.21. The van der Waals surface area contributed by atoms with Crippen LogP contribution in [-0.4, -0.2) is 23.0 Å². The van der Waals surface area contributed by atoms with Crippen molar-refractivity contribution in [1.82, 2.24) is 0 Å². The van der Waals surface area contributed by atoms with E-state index in [0.717, 1.165) is 5.56 Å². The molecule has 1 amide bonds. The first-order valence-corrected chi connectivity index (χ1v) is 6.00. The lowest BCUT2D eigenvalue weighted by molar-refractivity contribution is -0.138. The molecule has 3 N–H and O–H groups in total. The summed E-state index contributed by atoms with van der Waals surface area (Å²) in [4.78, 5) is 22.2. The summed E-state index contributed by atoms with van der Waals surface area (Å²) in [5, 5.41) is 14.9. The Balaban J connectivity index is 2.27. The molecule has 0 bridgehead atoms. The van der Waals surface area contributed by atoms with E-state index >= 15 is 0 Å². The molecule has 0 saturated heterocycles. The molecule has 1 aliphatic heterocycles. The van der Waals surface area contributed by atoms with Crippen molar-refractivity contribution in [3.8, 4) is 0 Å². The van der Waals surface area contributed by atoms with Gasteiger partial charge in [0.1, 0.15) is 6.04 Å². The van der Waals surface area contributed by atoms with Gasteiger partial charge in [0.2, 0.25) is 5.91 Å². The van der Waals surface area contributed by atoms with Crippen molar-refractivity contribution >= 4 is 34.9 Å². The van der Waals surface area contributed by atoms with E-state index in [1.54, 1.807) is 19.1 Å². The molecule has 0 spiro atoms. The Kier molecular flexibility index (Phi) is 3.43. The highest BCUT2D eigenvalue weighted by atomic mass is 35.5. The minimum absolute atomic E-state index is 0.0801. The van der Waals surface area contributed by atoms with Crippen molar-refractivity contribution in [1.29, 1.82) is 0 Å². The van der Waals surface area contributed by atoms with Crippen molar-refractivity contribution in [2.75, 3.05) is 10.6 Å². The number of hydrogen-bond donors (Lipinski definition) is 3. The molecule has 1 unspecified atom stereocenters. The van der Waals surface area contributed by atoms with Crippen LogP contribution in [0.5, 0.6) is 0 Å². The molecular formula is C12H13ClN2O3. The first kappa shape index (κ1) is 12.7. The molecule has 1 aliphatic rings. The van der Waals surface area contributed by atoms with Crippen molar-refractivity contribution in [2.24, 2.45) is 0 Å². The van der Waals surface area contributed by atoms with Crippen LogP contribution in [0.15, 0.2) is 12.1 Å². The fourth-order valence-electron chi connectivity index (χ4n) is 1.88. The van der Waals surface area contributed by atoms with Gasteiger partial charge < -0.3 is 15.7 Å². The highest BCUT2D eigenvalue weighted by molar-refractivity contribution is 6.33. The van der Waals surface area contributed by atoms with Crippen LogP contribution in [0, 0.1) is 0 Å². The number of anilines is 2. The minimum Gasteiger partial charge on any atom is -0.480 e. The maximum absolute atomic E-state index is 11.2. The number of benzene rings is 1. The summed E-state index contributed by atoms with van der Waals surface area (Å²) in [6.07, 6.45) is 0.741. The van der Waals surface area contributed by atoms with E-state index in [2.05, 4.69) is 10.6 Å². The number of halogens is 1. The van der Waals surface area contributed by atoms with Crippen molar-refractivity contribution in [3.63, 3.8) is 0 Å². The van der Waals surface area contributed by atoms with E-state index in [0.29, 0.717) is 29.2 Å². The highest BCUT2D eigenvalue weighted by Crippen LogP contribution is 2.33. The average molecular weight is 269 g/mol. The molecule has 18 heavy (non-hydrogen) atoms. The summed E-state index contributed by atoms with van der Waals surface area (Å²) in [5.74, 6) is -1.01. The summed E-state index contributed by atoms with van der Waals surface area (Å²) in [6, 6.07) is 2.67. The maximum atomic E-state index is 11.2. The topological polar surface area (TPSA) is 78.4 Å². The zero-order chi connectivity index (χ0) is 13.3. The van der Waals surface area contributed by atoms with Gasteiger partial charge in [0, 0.05) is 5.69 Å². The van der Waals surface area contributed by atoms with E-state index in [-0.39, 0.29) is 5.91 Å². The summed E-state index contributed by atoms with van der Waals surface area (Å²) in [6.45, 7) is 1.78. The van der Waals surface area contributed by atoms with E-state index in [1.165, 1.54) is 0 Å². The van der Waals surface area contributed by atoms with Gasteiger partial charge in [-0.1, -0.05) is 18.5 Å². The normalized spacial score (nSPS) is 14.9. The minimum atomic E-state index is -0.928. The lowest BCUT2D eigenvalue weighted by Gasteiger charge is -2.15. The zero-order valence-corrected chi connectivity index (χ0v) is 10.5. The van der Waals surface area contributed by atoms with E-state index in [1.807, 2.05) is 0 Å². The number of nitrogens with one attached hydrogen (secondary N) is 2. The molecule has 0 radical (unpaired) electrons. The summed E-state index contributed by atoms with van der Waals surface area (Å²) in [7, 11) is 0. The van der Waals surface area contributed by atoms with Gasteiger partial charge in [-0.2, -0.15) is 0 Å². The molecule has 1 aromatic carbocycles. The second kappa shape index (κ2) is 4.86. The fraction of sp³-hybridized carbons (Fsp3) is 0.333. The number of carbonyl (C=O) groups is 2. The van der Waals surface area contributed by atoms with E-state index < -0.39 is 12.0 Å². The molecule has 1 heterocycles. The van der Waals surface area contributed by atoms with Crippen LogP contribution in [0.25, 0.3) is 0 Å². The molecule has 0 aromatic heterocycles. The van der Waals surface area contributed by atoms with Gasteiger partial charge in [-0.25, -0.2) is 4.79 Å². The molecule has 96 valence electrons. The summed E-state index contributed by atoms with van der Waals surface area (Å²) in [5.41, 5.74) is 2.06. The fourth-order valence-corrected chi connectivity index (χ4v) is 2.10. The van der Waals surface area contributed by atoms with Gasteiger partial charge in [0.15, 0.2) is 0 Å². The number of carboxylic acid groups (broad SMARTS) is 1. The Labute approximate surface area is 109 Å². The Bertz CT molecular complexity index is 516. The van der Waals surface area contributed by atoms with E-state index in [4.69, 9.17) is 16.7 Å². The van der Waals surface area contributed by atoms with Crippen LogP contribution in [-0.2, 0) is 16.0 Å². The quantitative estimate of drug-likeness (QED) is 0.781. The summed E-state index contributed by atoms with van der Waals surface area (Å²) >= 11 is 6.05. The largest absolute Gasteiger partial charge is 0.480 e. The number of hydrogen-bond acceptors (Lipinski definition) is 3. The maximum Gasteiger partial charge on any atom is 0.326 e. The molecule has 1 atom stereocenters. The van der Waals surface area contributed by atoms with Gasteiger partial charge in [-0.3, -0.25) is 4.79 Å². The monoisotopic (exact) mass is 268 g/mol. The van der Waals surface area contributed by atoms with Gasteiger partial charge in [-0.15, -0.1) is 0 Å².